The van der Waals surface area contributed by atoms with Gasteiger partial charge in [-0.25, -0.2) is 9.97 Å². The van der Waals surface area contributed by atoms with Crippen molar-refractivity contribution in [1.29, 1.82) is 0 Å². The number of hydrogen-bond donors (Lipinski definition) is 0. The molecule has 3 heteroatoms. The fourth-order valence-corrected chi connectivity index (χ4v) is 9.39. The molecular weight excluding hydrogens is 685 g/mol. The van der Waals surface area contributed by atoms with Crippen LogP contribution in [-0.4, -0.2) is 9.97 Å². The van der Waals surface area contributed by atoms with Crippen molar-refractivity contribution in [2.45, 2.75) is 0 Å². The zero-order chi connectivity index (χ0) is 36.3. The number of aromatic nitrogens is 2. The molecule has 0 saturated heterocycles. The van der Waals surface area contributed by atoms with Gasteiger partial charge in [0.15, 0.2) is 5.82 Å². The van der Waals surface area contributed by atoms with Crippen molar-refractivity contribution in [2.75, 3.05) is 0 Å². The minimum atomic E-state index is 0.707. The largest absolute Gasteiger partial charge is 0.228 e. The van der Waals surface area contributed by atoms with Crippen LogP contribution in [0.3, 0.4) is 0 Å². The molecule has 0 aliphatic rings. The Bertz CT molecular complexity index is 3250. The topological polar surface area (TPSA) is 25.8 Å². The Balaban J connectivity index is 1.06. The maximum absolute atomic E-state index is 5.23. The highest BCUT2D eigenvalue weighted by Crippen LogP contribution is 2.42. The monoisotopic (exact) mass is 716 g/mol. The first-order chi connectivity index (χ1) is 27.2. The van der Waals surface area contributed by atoms with Gasteiger partial charge in [0.2, 0.25) is 0 Å². The van der Waals surface area contributed by atoms with Crippen molar-refractivity contribution in [3.63, 3.8) is 0 Å². The molecule has 0 saturated carbocycles. The zero-order valence-corrected chi connectivity index (χ0v) is 30.6. The van der Waals surface area contributed by atoms with E-state index in [-0.39, 0.29) is 0 Å². The third-order valence-electron chi connectivity index (χ3n) is 10.9. The van der Waals surface area contributed by atoms with Gasteiger partial charge in [0.1, 0.15) is 0 Å². The molecule has 2 heterocycles. The van der Waals surface area contributed by atoms with Gasteiger partial charge in [-0.05, 0) is 78.8 Å². The van der Waals surface area contributed by atoms with Gasteiger partial charge in [-0.1, -0.05) is 170 Å². The summed E-state index contributed by atoms with van der Waals surface area (Å²) in [5.41, 5.74) is 9.65. The Hall–Kier alpha value is -6.94. The maximum atomic E-state index is 5.23. The summed E-state index contributed by atoms with van der Waals surface area (Å²) in [7, 11) is 0. The molecule has 0 bridgehead atoms. The lowest BCUT2D eigenvalue weighted by Gasteiger charge is -2.15. The summed E-state index contributed by atoms with van der Waals surface area (Å²) in [5, 5.41) is 10.1. The fraction of sp³-hybridized carbons (Fsp3) is 0. The molecule has 0 radical (unpaired) electrons. The van der Waals surface area contributed by atoms with E-state index in [9.17, 15) is 0 Å². The number of fused-ring (bicyclic) bond motifs is 7. The van der Waals surface area contributed by atoms with Crippen LogP contribution in [0.15, 0.2) is 194 Å². The Labute approximate surface area is 322 Å². The summed E-state index contributed by atoms with van der Waals surface area (Å²) in [6.45, 7) is 0. The van der Waals surface area contributed by atoms with E-state index in [0.717, 1.165) is 33.6 Å². The van der Waals surface area contributed by atoms with Crippen LogP contribution >= 0.6 is 11.3 Å². The van der Waals surface area contributed by atoms with Gasteiger partial charge >= 0.3 is 0 Å². The highest BCUT2D eigenvalue weighted by molar-refractivity contribution is 7.25. The van der Waals surface area contributed by atoms with Crippen LogP contribution in [0.1, 0.15) is 0 Å². The van der Waals surface area contributed by atoms with Crippen LogP contribution in [0.5, 0.6) is 0 Å². The highest BCUT2D eigenvalue weighted by atomic mass is 32.1. The van der Waals surface area contributed by atoms with Crippen LogP contribution in [0.4, 0.5) is 0 Å². The molecule has 0 aliphatic carbocycles. The predicted molar refractivity (Wildman–Crippen MR) is 235 cm³/mol. The summed E-state index contributed by atoms with van der Waals surface area (Å²) < 4.78 is 2.60. The molecule has 0 fully saturated rings. The Kier molecular flexibility index (Phi) is 7.39. The lowest BCUT2D eigenvalue weighted by molar-refractivity contribution is 1.18. The van der Waals surface area contributed by atoms with Crippen LogP contribution < -0.4 is 0 Å². The first-order valence-electron chi connectivity index (χ1n) is 18.6. The summed E-state index contributed by atoms with van der Waals surface area (Å²) >= 11 is 1.85. The van der Waals surface area contributed by atoms with Gasteiger partial charge < -0.3 is 0 Å². The predicted octanol–water partition coefficient (Wildman–Crippen LogP) is 14.6. The van der Waals surface area contributed by atoms with Gasteiger partial charge in [-0.3, -0.25) is 0 Å². The molecule has 9 aromatic carbocycles. The smallest absolute Gasteiger partial charge is 0.160 e. The molecule has 11 aromatic rings. The molecule has 0 aliphatic heterocycles. The summed E-state index contributed by atoms with van der Waals surface area (Å²) in [6.07, 6.45) is 0. The van der Waals surface area contributed by atoms with E-state index in [4.69, 9.17) is 9.97 Å². The van der Waals surface area contributed by atoms with E-state index in [1.54, 1.807) is 0 Å². The SMILES string of the molecule is c1ccc(-c2nc(-c3ccc(-c4c5ccccc5cc5c4ccc4ccccc45)cc3)cc(-c3ccccc3-c3ccc4c(c3)sc3ccccc34)n2)cc1. The third-order valence-corrected chi connectivity index (χ3v) is 12.0. The minimum absolute atomic E-state index is 0.707. The van der Waals surface area contributed by atoms with Gasteiger partial charge in [0, 0.05) is 36.9 Å². The van der Waals surface area contributed by atoms with Crippen LogP contribution in [0.25, 0.3) is 109 Å². The Morgan fingerprint density at radius 2 is 0.927 bits per heavy atom. The lowest BCUT2D eigenvalue weighted by Crippen LogP contribution is -1.97. The van der Waals surface area contributed by atoms with Gasteiger partial charge in [-0.2, -0.15) is 0 Å². The molecule has 0 amide bonds. The average molecular weight is 717 g/mol. The van der Waals surface area contributed by atoms with Gasteiger partial charge in [-0.15, -0.1) is 11.3 Å². The van der Waals surface area contributed by atoms with Gasteiger partial charge in [0.05, 0.1) is 11.4 Å². The van der Waals surface area contributed by atoms with Crippen molar-refractivity contribution in [3.05, 3.63) is 194 Å². The lowest BCUT2D eigenvalue weighted by atomic mass is 9.89. The summed E-state index contributed by atoms with van der Waals surface area (Å²) in [6, 6.07) is 69.8. The van der Waals surface area contributed by atoms with Crippen molar-refractivity contribution in [2.24, 2.45) is 0 Å². The molecule has 0 atom stereocenters. The second kappa shape index (κ2) is 12.9. The first kappa shape index (κ1) is 31.6. The number of thiophene rings is 1. The van der Waals surface area contributed by atoms with Crippen molar-refractivity contribution < 1.29 is 0 Å². The van der Waals surface area contributed by atoms with Crippen molar-refractivity contribution in [1.82, 2.24) is 9.97 Å². The zero-order valence-electron chi connectivity index (χ0n) is 29.8. The number of benzene rings is 9. The fourth-order valence-electron chi connectivity index (χ4n) is 8.24. The molecule has 11 rings (SSSR count). The molecular formula is C52H32N2S. The van der Waals surface area contributed by atoms with Crippen molar-refractivity contribution in [3.8, 4) is 56.2 Å². The average Bonchev–Trinajstić information content (AvgIpc) is 3.64. The van der Waals surface area contributed by atoms with E-state index in [1.807, 2.05) is 29.5 Å². The van der Waals surface area contributed by atoms with E-state index < -0.39 is 0 Å². The van der Waals surface area contributed by atoms with E-state index in [0.29, 0.717) is 5.82 Å². The number of nitrogens with zero attached hydrogens (tertiary/aromatic N) is 2. The molecule has 256 valence electrons. The Morgan fingerprint density at radius 3 is 1.78 bits per heavy atom. The second-order valence-electron chi connectivity index (χ2n) is 14.1. The third kappa shape index (κ3) is 5.40. The molecule has 55 heavy (non-hydrogen) atoms. The standard InChI is InChI=1S/C52H32N2S/c1-2-13-36(14-3-1)52-53-47(32-48(54-52)42-19-9-8-17-40(42)38-27-28-44-43-20-10-11-21-49(43)55-50(44)31-38)34-22-24-35(25-23-34)51-41-18-7-5-15-37(41)30-46-39-16-6-4-12-33(39)26-29-45(46)51/h1-32H. The maximum Gasteiger partial charge on any atom is 0.160 e. The quantitative estimate of drug-likeness (QED) is 0.131. The van der Waals surface area contributed by atoms with E-state index in [1.165, 1.54) is 69.2 Å². The summed E-state index contributed by atoms with van der Waals surface area (Å²) in [4.78, 5) is 10.4. The second-order valence-corrected chi connectivity index (χ2v) is 15.2. The number of hydrogen-bond acceptors (Lipinski definition) is 3. The molecule has 0 N–H and O–H groups in total. The minimum Gasteiger partial charge on any atom is -0.228 e. The van der Waals surface area contributed by atoms with Crippen LogP contribution in [0.2, 0.25) is 0 Å². The molecule has 2 aromatic heterocycles. The first-order valence-corrected chi connectivity index (χ1v) is 19.5. The van der Waals surface area contributed by atoms with Crippen LogP contribution in [0, 0.1) is 0 Å². The van der Waals surface area contributed by atoms with E-state index in [2.05, 4.69) is 176 Å². The number of rotatable bonds is 5. The van der Waals surface area contributed by atoms with Gasteiger partial charge in [0.25, 0.3) is 0 Å². The molecule has 0 spiro atoms. The normalized spacial score (nSPS) is 11.6. The molecule has 2 nitrogen and oxygen atoms in total. The molecule has 0 unspecified atom stereocenters. The van der Waals surface area contributed by atoms with E-state index >= 15 is 0 Å². The van der Waals surface area contributed by atoms with Crippen molar-refractivity contribution >= 4 is 63.8 Å². The summed E-state index contributed by atoms with van der Waals surface area (Å²) in [5.74, 6) is 0.707. The van der Waals surface area contributed by atoms with Crippen LogP contribution in [-0.2, 0) is 0 Å². The highest BCUT2D eigenvalue weighted by Gasteiger charge is 2.17. The Morgan fingerprint density at radius 1 is 0.309 bits per heavy atom.